The molecule has 0 radical (unpaired) electrons. The summed E-state index contributed by atoms with van der Waals surface area (Å²) < 4.78 is 7.03. The number of ether oxygens (including phenoxy) is 1. The van der Waals surface area contributed by atoms with Crippen LogP contribution in [0.5, 0.6) is 5.75 Å². The first-order valence-corrected chi connectivity index (χ1v) is 8.10. The van der Waals surface area contributed by atoms with Gasteiger partial charge < -0.3 is 10.5 Å². The summed E-state index contributed by atoms with van der Waals surface area (Å²) in [6, 6.07) is 14.7. The van der Waals surface area contributed by atoms with Crippen LogP contribution in [-0.4, -0.2) is 6.04 Å². The molecular formula is C18H22BrNO. The lowest BCUT2D eigenvalue weighted by atomic mass is 10.0. The number of nitrogens with two attached hydrogens (primary N) is 1. The maximum absolute atomic E-state index is 6.08. The monoisotopic (exact) mass is 347 g/mol. The molecule has 1 atom stereocenters. The normalized spacial score (nSPS) is 12.2. The molecule has 2 N–H and O–H groups in total. The number of aryl methyl sites for hydroxylation is 1. The van der Waals surface area contributed by atoms with Crippen LogP contribution in [0.1, 0.15) is 30.0 Å². The van der Waals surface area contributed by atoms with Crippen LogP contribution in [0.15, 0.2) is 46.9 Å². The van der Waals surface area contributed by atoms with Gasteiger partial charge in [-0.05, 0) is 52.9 Å². The van der Waals surface area contributed by atoms with Crippen molar-refractivity contribution in [2.24, 2.45) is 5.73 Å². The minimum absolute atomic E-state index is 0.167. The molecular weight excluding hydrogens is 326 g/mol. The summed E-state index contributed by atoms with van der Waals surface area (Å²) in [7, 11) is 0. The third-order valence-electron chi connectivity index (χ3n) is 3.52. The number of rotatable bonds is 6. The van der Waals surface area contributed by atoms with E-state index >= 15 is 0 Å². The summed E-state index contributed by atoms with van der Waals surface area (Å²) in [5.41, 5.74) is 9.66. The fourth-order valence-electron chi connectivity index (χ4n) is 2.26. The average Bonchev–Trinajstić information content (AvgIpc) is 2.46. The van der Waals surface area contributed by atoms with E-state index in [0.29, 0.717) is 6.61 Å². The summed E-state index contributed by atoms with van der Waals surface area (Å²) in [6.07, 6.45) is 1.79. The molecule has 0 bridgehead atoms. The maximum Gasteiger partial charge on any atom is 0.137 e. The average molecular weight is 348 g/mol. The van der Waals surface area contributed by atoms with Crippen molar-refractivity contribution < 1.29 is 4.74 Å². The van der Waals surface area contributed by atoms with Gasteiger partial charge in [0.2, 0.25) is 0 Å². The molecule has 112 valence electrons. The fourth-order valence-corrected chi connectivity index (χ4v) is 2.78. The van der Waals surface area contributed by atoms with E-state index in [2.05, 4.69) is 60.1 Å². The van der Waals surface area contributed by atoms with Gasteiger partial charge in [0.25, 0.3) is 0 Å². The predicted molar refractivity (Wildman–Crippen MR) is 91.6 cm³/mol. The van der Waals surface area contributed by atoms with Crippen molar-refractivity contribution in [3.63, 3.8) is 0 Å². The van der Waals surface area contributed by atoms with Crippen LogP contribution in [0, 0.1) is 6.92 Å². The minimum Gasteiger partial charge on any atom is -0.487 e. The van der Waals surface area contributed by atoms with Crippen molar-refractivity contribution >= 4 is 15.9 Å². The third kappa shape index (κ3) is 4.58. The van der Waals surface area contributed by atoms with Gasteiger partial charge in [-0.2, -0.15) is 0 Å². The van der Waals surface area contributed by atoms with Crippen molar-refractivity contribution in [1.82, 2.24) is 0 Å². The number of benzene rings is 2. The Balaban J connectivity index is 2.15. The van der Waals surface area contributed by atoms with E-state index < -0.39 is 0 Å². The summed E-state index contributed by atoms with van der Waals surface area (Å²) in [5.74, 6) is 0.905. The first-order chi connectivity index (χ1) is 10.1. The van der Waals surface area contributed by atoms with Gasteiger partial charge >= 0.3 is 0 Å². The Kier molecular flexibility index (Phi) is 5.83. The molecule has 0 spiro atoms. The highest BCUT2D eigenvalue weighted by Crippen LogP contribution is 2.30. The molecule has 2 aromatic rings. The van der Waals surface area contributed by atoms with Gasteiger partial charge in [-0.1, -0.05) is 48.9 Å². The Morgan fingerprint density at radius 1 is 1.19 bits per heavy atom. The molecule has 2 rings (SSSR count). The molecule has 0 heterocycles. The van der Waals surface area contributed by atoms with E-state index in [1.165, 1.54) is 11.1 Å². The van der Waals surface area contributed by atoms with Crippen LogP contribution in [0.3, 0.4) is 0 Å². The molecule has 0 fully saturated rings. The van der Waals surface area contributed by atoms with Crippen LogP contribution in [0.2, 0.25) is 0 Å². The molecule has 0 aliphatic heterocycles. The highest BCUT2D eigenvalue weighted by molar-refractivity contribution is 9.10. The lowest BCUT2D eigenvalue weighted by molar-refractivity contribution is 0.300. The zero-order valence-corrected chi connectivity index (χ0v) is 14.2. The summed E-state index contributed by atoms with van der Waals surface area (Å²) in [5, 5.41) is 0. The van der Waals surface area contributed by atoms with E-state index in [9.17, 15) is 0 Å². The first-order valence-electron chi connectivity index (χ1n) is 7.31. The first kappa shape index (κ1) is 16.1. The molecule has 1 unspecified atom stereocenters. The van der Waals surface area contributed by atoms with Gasteiger partial charge in [0.15, 0.2) is 0 Å². The van der Waals surface area contributed by atoms with Crippen LogP contribution in [0.4, 0.5) is 0 Å². The second-order valence-corrected chi connectivity index (χ2v) is 6.23. The van der Waals surface area contributed by atoms with Crippen molar-refractivity contribution in [3.8, 4) is 5.75 Å². The van der Waals surface area contributed by atoms with E-state index in [-0.39, 0.29) is 6.04 Å². The van der Waals surface area contributed by atoms with Gasteiger partial charge in [-0.3, -0.25) is 0 Å². The highest BCUT2D eigenvalue weighted by Gasteiger charge is 2.11. The Bertz CT molecular complexity index is 598. The van der Waals surface area contributed by atoms with Crippen molar-refractivity contribution in [3.05, 3.63) is 63.6 Å². The standard InChI is InChI=1S/C18H22BrNO/c1-3-16(20)11-15-8-5-9-17(19)18(15)21-12-14-7-4-6-13(2)10-14/h4-10,16H,3,11-12,20H2,1-2H3. The molecule has 21 heavy (non-hydrogen) atoms. The lowest BCUT2D eigenvalue weighted by Crippen LogP contribution is -2.21. The fraction of sp³-hybridized carbons (Fsp3) is 0.333. The van der Waals surface area contributed by atoms with E-state index in [1.54, 1.807) is 0 Å². The van der Waals surface area contributed by atoms with Gasteiger partial charge in [-0.15, -0.1) is 0 Å². The Labute approximate surface area is 135 Å². The molecule has 0 saturated carbocycles. The number of halogens is 1. The predicted octanol–water partition coefficient (Wildman–Crippen LogP) is 4.62. The second-order valence-electron chi connectivity index (χ2n) is 5.38. The van der Waals surface area contributed by atoms with E-state index in [4.69, 9.17) is 10.5 Å². The van der Waals surface area contributed by atoms with Crippen molar-refractivity contribution in [2.45, 2.75) is 39.3 Å². The van der Waals surface area contributed by atoms with Gasteiger partial charge in [0.05, 0.1) is 4.47 Å². The topological polar surface area (TPSA) is 35.2 Å². The molecule has 3 heteroatoms. The van der Waals surface area contributed by atoms with E-state index in [1.807, 2.05) is 12.1 Å². The Morgan fingerprint density at radius 3 is 2.67 bits per heavy atom. The molecule has 0 amide bonds. The Morgan fingerprint density at radius 2 is 1.95 bits per heavy atom. The van der Waals surface area contributed by atoms with Crippen LogP contribution >= 0.6 is 15.9 Å². The molecule has 0 aliphatic rings. The molecule has 0 aromatic heterocycles. The molecule has 0 saturated heterocycles. The molecule has 0 aliphatic carbocycles. The largest absolute Gasteiger partial charge is 0.487 e. The smallest absolute Gasteiger partial charge is 0.137 e. The number of hydrogen-bond donors (Lipinski definition) is 1. The lowest BCUT2D eigenvalue weighted by Gasteiger charge is -2.16. The summed E-state index contributed by atoms with van der Waals surface area (Å²) >= 11 is 3.58. The maximum atomic E-state index is 6.08. The van der Waals surface area contributed by atoms with Crippen LogP contribution in [0.25, 0.3) is 0 Å². The third-order valence-corrected chi connectivity index (χ3v) is 4.15. The van der Waals surface area contributed by atoms with E-state index in [0.717, 1.165) is 28.6 Å². The second kappa shape index (κ2) is 7.62. The van der Waals surface area contributed by atoms with Gasteiger partial charge in [0, 0.05) is 6.04 Å². The number of para-hydroxylation sites is 1. The quantitative estimate of drug-likeness (QED) is 0.827. The van der Waals surface area contributed by atoms with Crippen molar-refractivity contribution in [2.75, 3.05) is 0 Å². The van der Waals surface area contributed by atoms with Crippen LogP contribution in [-0.2, 0) is 13.0 Å². The molecule has 2 aromatic carbocycles. The van der Waals surface area contributed by atoms with Crippen LogP contribution < -0.4 is 10.5 Å². The number of hydrogen-bond acceptors (Lipinski definition) is 2. The highest BCUT2D eigenvalue weighted by atomic mass is 79.9. The molecule has 2 nitrogen and oxygen atoms in total. The minimum atomic E-state index is 0.167. The van der Waals surface area contributed by atoms with Gasteiger partial charge in [0.1, 0.15) is 12.4 Å². The zero-order chi connectivity index (χ0) is 15.2. The SMILES string of the molecule is CCC(N)Cc1cccc(Br)c1OCc1cccc(C)c1. The van der Waals surface area contributed by atoms with Crippen molar-refractivity contribution in [1.29, 1.82) is 0 Å². The summed E-state index contributed by atoms with van der Waals surface area (Å²) in [6.45, 7) is 4.77. The zero-order valence-electron chi connectivity index (χ0n) is 12.6. The Hall–Kier alpha value is -1.32. The summed E-state index contributed by atoms with van der Waals surface area (Å²) in [4.78, 5) is 0. The van der Waals surface area contributed by atoms with Gasteiger partial charge in [-0.25, -0.2) is 0 Å².